The van der Waals surface area contributed by atoms with Crippen LogP contribution >= 0.6 is 12.2 Å². The first-order valence-electron chi connectivity index (χ1n) is 3.98. The number of hydrogen-bond donors (Lipinski definition) is 1. The number of carboxylic acids is 1. The summed E-state index contributed by atoms with van der Waals surface area (Å²) in [4.78, 5) is 10.7. The highest BCUT2D eigenvalue weighted by Crippen LogP contribution is 2.16. The maximum atomic E-state index is 10.6. The number of rotatable bonds is 2. The molecule has 0 bridgehead atoms. The number of carbonyl (C=O) groups is 1. The highest BCUT2D eigenvalue weighted by Gasteiger charge is 2.08. The molecule has 0 aliphatic heterocycles. The van der Waals surface area contributed by atoms with Crippen LogP contribution in [0.1, 0.15) is 0 Å². The lowest BCUT2D eigenvalue weighted by Gasteiger charge is -1.96. The zero-order chi connectivity index (χ0) is 10.1. The molecule has 2 aromatic rings. The Morgan fingerprint density at radius 3 is 2.93 bits per heavy atom. The van der Waals surface area contributed by atoms with Crippen molar-refractivity contribution in [1.82, 2.24) is 4.57 Å². The van der Waals surface area contributed by atoms with Gasteiger partial charge in [-0.1, -0.05) is 12.1 Å². The Balaban J connectivity index is 2.68. The van der Waals surface area contributed by atoms with Gasteiger partial charge in [-0.05, 0) is 24.4 Å². The summed E-state index contributed by atoms with van der Waals surface area (Å²) in [6, 6.07) is 7.15. The van der Waals surface area contributed by atoms with Gasteiger partial charge in [0, 0.05) is 0 Å². The Morgan fingerprint density at radius 1 is 1.50 bits per heavy atom. The standard InChI is InChI=1S/C9H7NO3S/c11-8(12)5-10-6-3-1-2-4-7(6)13-9(10)14/h1-4H,5H2,(H,11,12). The highest BCUT2D eigenvalue weighted by molar-refractivity contribution is 7.71. The minimum absolute atomic E-state index is 0.171. The molecule has 4 nitrogen and oxygen atoms in total. The zero-order valence-electron chi connectivity index (χ0n) is 7.14. The Morgan fingerprint density at radius 2 is 2.21 bits per heavy atom. The number of fused-ring (bicyclic) bond motifs is 1. The van der Waals surface area contributed by atoms with Crippen molar-refractivity contribution in [2.45, 2.75) is 6.54 Å². The van der Waals surface area contributed by atoms with Gasteiger partial charge in [-0.25, -0.2) is 0 Å². The molecule has 1 aromatic carbocycles. The maximum absolute atomic E-state index is 10.6. The quantitative estimate of drug-likeness (QED) is 0.769. The van der Waals surface area contributed by atoms with E-state index in [0.29, 0.717) is 11.1 Å². The molecule has 1 N–H and O–H groups in total. The Labute approximate surface area is 84.4 Å². The fraction of sp³-hybridized carbons (Fsp3) is 0.111. The minimum Gasteiger partial charge on any atom is -0.480 e. The van der Waals surface area contributed by atoms with Crippen molar-refractivity contribution >= 4 is 29.3 Å². The molecule has 0 atom stereocenters. The third-order valence-corrected chi connectivity index (χ3v) is 2.17. The first kappa shape index (κ1) is 8.96. The van der Waals surface area contributed by atoms with E-state index in [2.05, 4.69) is 0 Å². The lowest BCUT2D eigenvalue weighted by Crippen LogP contribution is -2.08. The van der Waals surface area contributed by atoms with Crippen molar-refractivity contribution in [2.75, 3.05) is 0 Å². The van der Waals surface area contributed by atoms with Crippen LogP contribution in [0, 0.1) is 4.84 Å². The molecule has 72 valence electrons. The van der Waals surface area contributed by atoms with Gasteiger partial charge in [0.15, 0.2) is 5.58 Å². The Kier molecular flexibility index (Phi) is 2.09. The third kappa shape index (κ3) is 1.42. The highest BCUT2D eigenvalue weighted by atomic mass is 32.1. The molecule has 0 saturated heterocycles. The fourth-order valence-corrected chi connectivity index (χ4v) is 1.55. The van der Waals surface area contributed by atoms with E-state index < -0.39 is 5.97 Å². The smallest absolute Gasteiger partial charge is 0.323 e. The van der Waals surface area contributed by atoms with Gasteiger partial charge in [0.05, 0.1) is 5.52 Å². The van der Waals surface area contributed by atoms with Crippen molar-refractivity contribution in [3.05, 3.63) is 29.1 Å². The average molecular weight is 209 g/mol. The van der Waals surface area contributed by atoms with E-state index in [1.807, 2.05) is 12.1 Å². The molecule has 0 aliphatic carbocycles. The van der Waals surface area contributed by atoms with Crippen LogP contribution in [0.3, 0.4) is 0 Å². The van der Waals surface area contributed by atoms with Crippen LogP contribution in [0.15, 0.2) is 28.7 Å². The summed E-state index contributed by atoms with van der Waals surface area (Å²) in [5.41, 5.74) is 1.32. The predicted molar refractivity (Wildman–Crippen MR) is 52.7 cm³/mol. The van der Waals surface area contributed by atoms with Crippen LogP contribution in [0.4, 0.5) is 0 Å². The van der Waals surface area contributed by atoms with Crippen LogP contribution in [-0.4, -0.2) is 15.6 Å². The topological polar surface area (TPSA) is 55.4 Å². The number of carboxylic acid groups (broad SMARTS) is 1. The van der Waals surface area contributed by atoms with E-state index in [1.54, 1.807) is 12.1 Å². The first-order chi connectivity index (χ1) is 6.68. The van der Waals surface area contributed by atoms with Crippen LogP contribution in [-0.2, 0) is 11.3 Å². The predicted octanol–water partition coefficient (Wildman–Crippen LogP) is 2.05. The number of aromatic nitrogens is 1. The number of para-hydroxylation sites is 2. The van der Waals surface area contributed by atoms with Crippen LogP contribution < -0.4 is 0 Å². The van der Waals surface area contributed by atoms with E-state index in [9.17, 15) is 4.79 Å². The second-order valence-corrected chi connectivity index (χ2v) is 3.16. The fourth-order valence-electron chi connectivity index (χ4n) is 1.30. The number of oxazole rings is 1. The SMILES string of the molecule is O=C(O)Cn1c(=S)oc2ccccc21. The van der Waals surface area contributed by atoms with Crippen molar-refractivity contribution in [1.29, 1.82) is 0 Å². The van der Waals surface area contributed by atoms with Crippen LogP contribution in [0.2, 0.25) is 0 Å². The summed E-state index contributed by atoms with van der Waals surface area (Å²) in [6.07, 6.45) is 0. The number of hydrogen-bond acceptors (Lipinski definition) is 3. The zero-order valence-corrected chi connectivity index (χ0v) is 7.95. The van der Waals surface area contributed by atoms with Crippen molar-refractivity contribution in [3.63, 3.8) is 0 Å². The molecule has 14 heavy (non-hydrogen) atoms. The molecule has 2 rings (SSSR count). The van der Waals surface area contributed by atoms with E-state index in [4.69, 9.17) is 21.7 Å². The minimum atomic E-state index is -0.937. The summed E-state index contributed by atoms with van der Waals surface area (Å²) in [6.45, 7) is -0.171. The van der Waals surface area contributed by atoms with Crippen molar-refractivity contribution < 1.29 is 14.3 Å². The summed E-state index contributed by atoms with van der Waals surface area (Å²) in [5.74, 6) is -0.937. The molecule has 0 saturated carbocycles. The molecular formula is C9H7NO3S. The monoisotopic (exact) mass is 209 g/mol. The summed E-state index contributed by atoms with van der Waals surface area (Å²) in [5, 5.41) is 8.66. The molecule has 0 spiro atoms. The molecular weight excluding hydrogens is 202 g/mol. The van der Waals surface area contributed by atoms with Gasteiger partial charge >= 0.3 is 5.97 Å². The molecule has 0 unspecified atom stereocenters. The summed E-state index contributed by atoms with van der Waals surface area (Å²) in [7, 11) is 0. The second-order valence-electron chi connectivity index (χ2n) is 2.82. The normalized spacial score (nSPS) is 10.6. The van der Waals surface area contributed by atoms with Crippen LogP contribution in [0.25, 0.3) is 11.1 Å². The van der Waals surface area contributed by atoms with Gasteiger partial charge in [-0.2, -0.15) is 0 Å². The molecule has 1 aromatic heterocycles. The van der Waals surface area contributed by atoms with Gasteiger partial charge in [0.1, 0.15) is 6.54 Å². The lowest BCUT2D eigenvalue weighted by atomic mass is 10.3. The van der Waals surface area contributed by atoms with Crippen molar-refractivity contribution in [3.8, 4) is 0 Å². The first-order valence-corrected chi connectivity index (χ1v) is 4.39. The van der Waals surface area contributed by atoms with Crippen LogP contribution in [0.5, 0.6) is 0 Å². The van der Waals surface area contributed by atoms with E-state index in [1.165, 1.54) is 4.57 Å². The number of nitrogens with zero attached hydrogens (tertiary/aromatic N) is 1. The van der Waals surface area contributed by atoms with Gasteiger partial charge in [0.25, 0.3) is 4.84 Å². The largest absolute Gasteiger partial charge is 0.480 e. The maximum Gasteiger partial charge on any atom is 0.323 e. The lowest BCUT2D eigenvalue weighted by molar-refractivity contribution is -0.137. The molecule has 0 amide bonds. The van der Waals surface area contributed by atoms with E-state index in [0.717, 1.165) is 0 Å². The molecule has 0 aliphatic rings. The third-order valence-electron chi connectivity index (χ3n) is 1.87. The molecule has 0 fully saturated rings. The molecule has 5 heteroatoms. The molecule has 0 radical (unpaired) electrons. The second kappa shape index (κ2) is 3.26. The van der Waals surface area contributed by atoms with E-state index >= 15 is 0 Å². The van der Waals surface area contributed by atoms with Gasteiger partial charge in [-0.3, -0.25) is 9.36 Å². The average Bonchev–Trinajstić information content (AvgIpc) is 2.43. The summed E-state index contributed by atoms with van der Waals surface area (Å²) < 4.78 is 6.67. The van der Waals surface area contributed by atoms with E-state index in [-0.39, 0.29) is 11.4 Å². The Hall–Kier alpha value is -1.62. The van der Waals surface area contributed by atoms with Gasteiger partial charge in [0.2, 0.25) is 0 Å². The Bertz CT molecular complexity index is 540. The molecule has 1 heterocycles. The number of benzene rings is 1. The van der Waals surface area contributed by atoms with Gasteiger partial charge < -0.3 is 9.52 Å². The van der Waals surface area contributed by atoms with Gasteiger partial charge in [-0.15, -0.1) is 0 Å². The summed E-state index contributed by atoms with van der Waals surface area (Å²) >= 11 is 4.90. The van der Waals surface area contributed by atoms with Crippen molar-refractivity contribution in [2.24, 2.45) is 0 Å². The number of aliphatic carboxylic acids is 1.